The summed E-state index contributed by atoms with van der Waals surface area (Å²) in [4.78, 5) is 0. The fraction of sp³-hybridized carbons (Fsp3) is 1.00. The van der Waals surface area contributed by atoms with Gasteiger partial charge in [-0.2, -0.15) is 0 Å². The van der Waals surface area contributed by atoms with Crippen LogP contribution in [0.4, 0.5) is 0 Å². The zero-order chi connectivity index (χ0) is 51.3. The maximum Gasteiger partial charge on any atom is -0.0590 e. The van der Waals surface area contributed by atoms with Crippen molar-refractivity contribution >= 4 is 0 Å². The Balaban J connectivity index is -0.0000000136. The van der Waals surface area contributed by atoms with Gasteiger partial charge in [0.25, 0.3) is 0 Å². The van der Waals surface area contributed by atoms with Gasteiger partial charge in [0.15, 0.2) is 0 Å². The van der Waals surface area contributed by atoms with Crippen molar-refractivity contribution in [3.05, 3.63) is 0 Å². The Bertz CT molecular complexity index is 64.0. The highest BCUT2D eigenvalue weighted by Crippen LogP contribution is 1.60. The van der Waals surface area contributed by atoms with Gasteiger partial charge >= 0.3 is 0 Å². The van der Waals surface area contributed by atoms with Gasteiger partial charge in [0, 0.05) is 0 Å². The van der Waals surface area contributed by atoms with Crippen LogP contribution in [0.1, 0.15) is 380 Å². The Labute approximate surface area is 378 Å². The Morgan fingerprint density at radius 1 is 0.0893 bits per heavy atom. The molecule has 376 valence electrons. The molecule has 0 heteroatoms. The van der Waals surface area contributed by atoms with E-state index >= 15 is 0 Å². The lowest BCUT2D eigenvalue weighted by molar-refractivity contribution is 1.09. The van der Waals surface area contributed by atoms with Crippen LogP contribution < -0.4 is 0 Å². The highest BCUT2D eigenvalue weighted by atomic mass is 13.5. The van der Waals surface area contributed by atoms with Crippen LogP contribution in [0.2, 0.25) is 0 Å². The van der Waals surface area contributed by atoms with Gasteiger partial charge in [0.2, 0.25) is 0 Å². The van der Waals surface area contributed by atoms with Crippen LogP contribution in [-0.4, -0.2) is 0 Å². The Kier molecular flexibility index (Phi) is 1460. The fourth-order valence-electron chi connectivity index (χ4n) is 0. The van der Waals surface area contributed by atoms with Crippen LogP contribution in [0.5, 0.6) is 0 Å². The first-order valence-electron chi connectivity index (χ1n) is 26.6. The predicted molar refractivity (Wildman–Crippen MR) is 301 cm³/mol. The van der Waals surface area contributed by atoms with E-state index in [1.165, 1.54) is 103 Å². The smallest absolute Gasteiger partial charge is 0.0590 e. The molecule has 56 heavy (non-hydrogen) atoms. The topological polar surface area (TPSA) is 0 Å². The Morgan fingerprint density at radius 3 is 0.0893 bits per heavy atom. The summed E-state index contributed by atoms with van der Waals surface area (Å²) >= 11 is 0. The summed E-state index contributed by atoms with van der Waals surface area (Å²) in [6.45, 7) is 84.0. The monoisotopic (exact) mass is 825 g/mol. The lowest BCUT2D eigenvalue weighted by atomic mass is 10.6. The molecule has 0 heterocycles. The summed E-state index contributed by atoms with van der Waals surface area (Å²) < 4.78 is 0. The predicted octanol–water partition coefficient (Wildman–Crippen LogP) is 26.8. The molecule has 0 bridgehead atoms. The third-order valence-electron chi connectivity index (χ3n) is 0. The van der Waals surface area contributed by atoms with Gasteiger partial charge in [-0.25, -0.2) is 0 Å². The van der Waals surface area contributed by atoms with Crippen LogP contribution in [0, 0.1) is 0 Å². The summed E-state index contributed by atoms with van der Waals surface area (Å²) in [5, 5.41) is 0. The molecule has 0 aliphatic heterocycles. The summed E-state index contributed by atoms with van der Waals surface area (Å²) in [6, 6.07) is 0. The minimum absolute atomic E-state index is 1.25. The second-order valence-electron chi connectivity index (χ2n) is 11.3. The van der Waals surface area contributed by atoms with E-state index < -0.39 is 0 Å². The van der Waals surface area contributed by atoms with E-state index in [0.29, 0.717) is 0 Å². The molecular formula is C56H152. The Hall–Kier alpha value is 0. The van der Waals surface area contributed by atoms with Crippen LogP contribution in [0.15, 0.2) is 0 Å². The zero-order valence-corrected chi connectivity index (χ0v) is 51.3. The van der Waals surface area contributed by atoms with Crippen molar-refractivity contribution in [2.24, 2.45) is 0 Å². The van der Waals surface area contributed by atoms with Crippen molar-refractivity contribution in [1.29, 1.82) is 0 Å². The van der Waals surface area contributed by atoms with Crippen molar-refractivity contribution < 1.29 is 0 Å². The molecule has 0 fully saturated rings. The first-order valence-corrected chi connectivity index (χ1v) is 26.6. The molecule has 0 radical (unpaired) electrons. The summed E-state index contributed by atoms with van der Waals surface area (Å²) in [5.41, 5.74) is 0. The van der Waals surface area contributed by atoms with Gasteiger partial charge in [-0.05, 0) is 0 Å². The van der Waals surface area contributed by atoms with E-state index in [-0.39, 0.29) is 0 Å². The third-order valence-corrected chi connectivity index (χ3v) is 0. The molecule has 0 aromatic carbocycles. The SMILES string of the molecule is CC.CC.CC.CC.CCC.CCC.CCC.CCC.CCC.CCC.CCC.CCC.CCC.CCC.CCC.CCC.CCC.CCC.CCC.CCC. The lowest BCUT2D eigenvalue weighted by Gasteiger charge is -1.48. The van der Waals surface area contributed by atoms with E-state index in [1.54, 1.807) is 0 Å². The highest BCUT2D eigenvalue weighted by Gasteiger charge is 1.40. The minimum atomic E-state index is 1.25. The van der Waals surface area contributed by atoms with Gasteiger partial charge in [-0.1, -0.05) is 380 Å². The lowest BCUT2D eigenvalue weighted by Crippen LogP contribution is -1.27. The maximum atomic E-state index is 2.12. The summed E-state index contributed by atoms with van der Waals surface area (Å²) in [5.74, 6) is 0. The summed E-state index contributed by atoms with van der Waals surface area (Å²) in [7, 11) is 0. The molecule has 0 rings (SSSR count). The molecule has 0 nitrogen and oxygen atoms in total. The van der Waals surface area contributed by atoms with Gasteiger partial charge < -0.3 is 0 Å². The first-order chi connectivity index (χ1) is 26.6. The van der Waals surface area contributed by atoms with E-state index in [1.807, 2.05) is 55.4 Å². The number of hydrogen-bond donors (Lipinski definition) is 0. The summed E-state index contributed by atoms with van der Waals surface area (Å²) in [6.07, 6.45) is 20.0. The van der Waals surface area contributed by atoms with Gasteiger partial charge in [0.05, 0.1) is 0 Å². The van der Waals surface area contributed by atoms with Crippen molar-refractivity contribution in [2.45, 2.75) is 380 Å². The van der Waals surface area contributed by atoms with E-state index in [0.717, 1.165) is 0 Å². The van der Waals surface area contributed by atoms with E-state index in [4.69, 9.17) is 0 Å². The van der Waals surface area contributed by atoms with Crippen molar-refractivity contribution in [3.63, 3.8) is 0 Å². The van der Waals surface area contributed by atoms with Gasteiger partial charge in [-0.15, -0.1) is 0 Å². The van der Waals surface area contributed by atoms with Gasteiger partial charge in [-0.3, -0.25) is 0 Å². The van der Waals surface area contributed by atoms with E-state index in [9.17, 15) is 0 Å². The van der Waals surface area contributed by atoms with Crippen molar-refractivity contribution in [1.82, 2.24) is 0 Å². The normalized spacial score (nSPS) is 5.57. The van der Waals surface area contributed by atoms with Gasteiger partial charge in [0.1, 0.15) is 0 Å². The molecule has 0 spiro atoms. The molecule has 0 aromatic heterocycles. The quantitative estimate of drug-likeness (QED) is 0.228. The molecular weight excluding hydrogens is 673 g/mol. The second-order valence-corrected chi connectivity index (χ2v) is 11.3. The molecule has 0 aliphatic carbocycles. The van der Waals surface area contributed by atoms with Crippen LogP contribution in [0.3, 0.4) is 0 Å². The third kappa shape index (κ3) is 0. The second kappa shape index (κ2) is 626. The van der Waals surface area contributed by atoms with Crippen LogP contribution in [0.25, 0.3) is 0 Å². The molecule has 0 saturated heterocycles. The molecule has 0 saturated carbocycles. The molecule has 0 aromatic rings. The zero-order valence-electron chi connectivity index (χ0n) is 51.3. The molecule has 0 unspecified atom stereocenters. The van der Waals surface area contributed by atoms with Crippen molar-refractivity contribution in [3.8, 4) is 0 Å². The van der Waals surface area contributed by atoms with Crippen LogP contribution >= 0.6 is 0 Å². The fourth-order valence-corrected chi connectivity index (χ4v) is 0. The molecule has 0 atom stereocenters. The largest absolute Gasteiger partial charge is 0.0683 e. The number of rotatable bonds is 0. The maximum absolute atomic E-state index is 2.12. The highest BCUT2D eigenvalue weighted by molar-refractivity contribution is 3.96. The Morgan fingerprint density at radius 2 is 0.0893 bits per heavy atom. The average molecular weight is 826 g/mol. The molecule has 0 N–H and O–H groups in total. The molecule has 0 aliphatic rings. The first kappa shape index (κ1) is 131. The van der Waals surface area contributed by atoms with Crippen molar-refractivity contribution in [2.75, 3.05) is 0 Å². The molecule has 0 amide bonds. The minimum Gasteiger partial charge on any atom is -0.0683 e. The van der Waals surface area contributed by atoms with E-state index in [2.05, 4.69) is 222 Å². The van der Waals surface area contributed by atoms with Crippen LogP contribution in [-0.2, 0) is 0 Å². The number of hydrogen-bond acceptors (Lipinski definition) is 0. The standard InChI is InChI=1S/16C3H8.4C2H6/c16*1-3-2;4*1-2/h16*3H2,1-2H3;4*1-2H3. The average Bonchev–Trinajstić information content (AvgIpc) is 3.14.